The zero-order valence-corrected chi connectivity index (χ0v) is 24.6. The van der Waals surface area contributed by atoms with Crippen LogP contribution in [-0.2, 0) is 0 Å². The largest absolute Gasteiger partial charge is 0.505 e. The Morgan fingerprint density at radius 2 is 1.48 bits per heavy atom. The fraction of sp³-hybridized carbons (Fsp3) is 0.0588. The topological polar surface area (TPSA) is 171 Å². The number of carbonyl (C=O) groups excluding carboxylic acids is 2. The molecule has 2 aromatic heterocycles. The van der Waals surface area contributed by atoms with Crippen LogP contribution in [0.2, 0.25) is 0 Å². The number of aromatic hydroxyl groups is 1. The number of nitrogens with zero attached hydrogens (tertiary/aromatic N) is 7. The van der Waals surface area contributed by atoms with Gasteiger partial charge in [0.1, 0.15) is 17.3 Å². The molecule has 0 atom stereocenters. The molecule has 0 bridgehead atoms. The van der Waals surface area contributed by atoms with Crippen LogP contribution >= 0.6 is 0 Å². The number of carbonyl (C=O) groups is 2. The van der Waals surface area contributed by atoms with Crippen LogP contribution in [-0.4, -0.2) is 36.7 Å². The van der Waals surface area contributed by atoms with Crippen molar-refractivity contribution in [3.8, 4) is 17.8 Å². The van der Waals surface area contributed by atoms with Crippen LogP contribution in [0.15, 0.2) is 108 Å². The number of fused-ring (bicyclic) bond motifs is 1. The lowest BCUT2D eigenvalue weighted by atomic mass is 10.00. The quantitative estimate of drug-likeness (QED) is 0.165. The van der Waals surface area contributed by atoms with Gasteiger partial charge in [-0.05, 0) is 67.8 Å². The molecule has 0 spiro atoms. The first-order valence-electron chi connectivity index (χ1n) is 14.0. The maximum atomic E-state index is 13.5. The summed E-state index contributed by atoms with van der Waals surface area (Å²) in [6.45, 7) is 3.88. The Hall–Kier alpha value is -6.74. The molecule has 0 fully saturated rings. The highest BCUT2D eigenvalue weighted by Gasteiger charge is 2.21. The summed E-state index contributed by atoms with van der Waals surface area (Å²) >= 11 is 0. The average Bonchev–Trinajstić information content (AvgIpc) is 3.49. The van der Waals surface area contributed by atoms with E-state index in [1.54, 1.807) is 48.5 Å². The second-order valence-corrected chi connectivity index (χ2v) is 10.4. The molecule has 6 rings (SSSR count). The maximum Gasteiger partial charge on any atom is 0.259 e. The Morgan fingerprint density at radius 1 is 0.848 bits per heavy atom. The number of aromatic nitrogens is 4. The number of hydrogen-bond acceptors (Lipinski definition) is 9. The molecule has 0 saturated heterocycles. The third-order valence-electron chi connectivity index (χ3n) is 7.06. The number of rotatable bonds is 7. The van der Waals surface area contributed by atoms with E-state index in [9.17, 15) is 20.0 Å². The molecule has 12 nitrogen and oxygen atoms in total. The van der Waals surface area contributed by atoms with E-state index >= 15 is 0 Å². The molecule has 0 aliphatic heterocycles. The van der Waals surface area contributed by atoms with Gasteiger partial charge in [-0.3, -0.25) is 9.59 Å². The van der Waals surface area contributed by atoms with Gasteiger partial charge in [0.15, 0.2) is 11.6 Å². The van der Waals surface area contributed by atoms with E-state index in [0.29, 0.717) is 27.7 Å². The van der Waals surface area contributed by atoms with Gasteiger partial charge in [0.25, 0.3) is 17.8 Å². The van der Waals surface area contributed by atoms with Gasteiger partial charge >= 0.3 is 0 Å². The van der Waals surface area contributed by atoms with Crippen LogP contribution in [0.4, 0.5) is 22.9 Å². The van der Waals surface area contributed by atoms with E-state index in [1.807, 2.05) is 44.2 Å². The predicted octanol–water partition coefficient (Wildman–Crippen LogP) is 6.93. The average molecular weight is 608 g/mol. The van der Waals surface area contributed by atoms with Crippen molar-refractivity contribution < 1.29 is 14.7 Å². The molecule has 0 saturated carbocycles. The van der Waals surface area contributed by atoms with Crippen molar-refractivity contribution >= 4 is 45.5 Å². The van der Waals surface area contributed by atoms with Gasteiger partial charge in [0, 0.05) is 34.7 Å². The standard InChI is InChI=1S/C34H25N9O3/c1-20-4-9-25(10-5-20)39-32(45)22-8-13-27-23(16-22)17-28(33(46)40-26-11-6-21(2)7-12-26)30(44)29(27)41-42-31-24(18-35)19-38-43(31)34-36-14-3-15-37-34/h3-17,19,44H,1-2H3,(H,39,45)(H,40,46). The molecule has 2 amide bonds. The molecule has 0 aliphatic rings. The number of phenolic OH excluding ortho intramolecular Hbond substituents is 1. The molecule has 3 N–H and O–H groups in total. The summed E-state index contributed by atoms with van der Waals surface area (Å²) in [4.78, 5) is 35.0. The van der Waals surface area contributed by atoms with Crippen molar-refractivity contribution in [1.82, 2.24) is 19.7 Å². The number of nitriles is 1. The zero-order valence-electron chi connectivity index (χ0n) is 24.6. The summed E-state index contributed by atoms with van der Waals surface area (Å²) < 4.78 is 1.24. The number of amides is 2. The van der Waals surface area contributed by atoms with Gasteiger partial charge in [0.2, 0.25) is 0 Å². The third kappa shape index (κ3) is 6.01. The normalized spacial score (nSPS) is 11.0. The van der Waals surface area contributed by atoms with E-state index in [4.69, 9.17) is 0 Å². The number of nitrogens with one attached hydrogen (secondary N) is 2. The summed E-state index contributed by atoms with van der Waals surface area (Å²) in [5, 5.41) is 40.3. The van der Waals surface area contributed by atoms with Crippen molar-refractivity contribution in [2.75, 3.05) is 10.6 Å². The van der Waals surface area contributed by atoms with Crippen molar-refractivity contribution in [3.05, 3.63) is 125 Å². The summed E-state index contributed by atoms with van der Waals surface area (Å²) in [7, 11) is 0. The summed E-state index contributed by atoms with van der Waals surface area (Å²) in [6, 6.07) is 24.5. The number of aryl methyl sites for hydroxylation is 2. The van der Waals surface area contributed by atoms with Crippen molar-refractivity contribution in [2.45, 2.75) is 13.8 Å². The highest BCUT2D eigenvalue weighted by atomic mass is 16.3. The molecular formula is C34H25N9O3. The van der Waals surface area contributed by atoms with Gasteiger partial charge in [-0.2, -0.15) is 15.0 Å². The van der Waals surface area contributed by atoms with E-state index in [1.165, 1.54) is 29.3 Å². The summed E-state index contributed by atoms with van der Waals surface area (Å²) in [5.74, 6) is -1.24. The lowest BCUT2D eigenvalue weighted by Crippen LogP contribution is -2.13. The minimum Gasteiger partial charge on any atom is -0.505 e. The first kappa shape index (κ1) is 29.3. The molecule has 224 valence electrons. The SMILES string of the molecule is Cc1ccc(NC(=O)c2ccc3c(N=Nc4c(C#N)cnn4-c4ncccn4)c(O)c(C(=O)Nc4ccc(C)cc4)cc3c2)cc1. The van der Waals surface area contributed by atoms with Gasteiger partial charge < -0.3 is 15.7 Å². The van der Waals surface area contributed by atoms with Gasteiger partial charge in [-0.15, -0.1) is 10.2 Å². The van der Waals surface area contributed by atoms with E-state index in [-0.39, 0.29) is 34.5 Å². The molecule has 4 aromatic carbocycles. The van der Waals surface area contributed by atoms with Crippen LogP contribution in [0, 0.1) is 25.2 Å². The van der Waals surface area contributed by atoms with E-state index in [2.05, 4.69) is 35.9 Å². The fourth-order valence-corrected chi connectivity index (χ4v) is 4.63. The smallest absolute Gasteiger partial charge is 0.259 e. The minimum atomic E-state index is -0.602. The first-order valence-corrected chi connectivity index (χ1v) is 14.0. The van der Waals surface area contributed by atoms with Gasteiger partial charge in [-0.1, -0.05) is 41.5 Å². The number of benzene rings is 4. The molecular weight excluding hydrogens is 582 g/mol. The van der Waals surface area contributed by atoms with Gasteiger partial charge in [-0.25, -0.2) is 9.97 Å². The van der Waals surface area contributed by atoms with E-state index in [0.717, 1.165) is 11.1 Å². The van der Waals surface area contributed by atoms with Crippen molar-refractivity contribution in [1.29, 1.82) is 5.26 Å². The zero-order chi connectivity index (χ0) is 32.2. The predicted molar refractivity (Wildman–Crippen MR) is 172 cm³/mol. The van der Waals surface area contributed by atoms with Crippen molar-refractivity contribution in [2.24, 2.45) is 10.2 Å². The second kappa shape index (κ2) is 12.5. The van der Waals surface area contributed by atoms with Crippen LogP contribution in [0.1, 0.15) is 37.4 Å². The minimum absolute atomic E-state index is 0.0184. The Balaban J connectivity index is 1.45. The number of anilines is 2. The lowest BCUT2D eigenvalue weighted by Gasteiger charge is -2.13. The highest BCUT2D eigenvalue weighted by molar-refractivity contribution is 6.13. The maximum absolute atomic E-state index is 13.5. The molecule has 6 aromatic rings. The molecule has 0 unspecified atom stereocenters. The highest BCUT2D eigenvalue weighted by Crippen LogP contribution is 2.40. The molecule has 46 heavy (non-hydrogen) atoms. The third-order valence-corrected chi connectivity index (χ3v) is 7.06. The molecule has 12 heteroatoms. The number of phenols is 1. The number of hydrogen-bond donors (Lipinski definition) is 3. The van der Waals surface area contributed by atoms with Crippen LogP contribution in [0.25, 0.3) is 16.7 Å². The monoisotopic (exact) mass is 607 g/mol. The van der Waals surface area contributed by atoms with E-state index < -0.39 is 11.7 Å². The fourth-order valence-electron chi connectivity index (χ4n) is 4.63. The Bertz CT molecular complexity index is 2170. The summed E-state index contributed by atoms with van der Waals surface area (Å²) in [5.41, 5.74) is 3.48. The van der Waals surface area contributed by atoms with Crippen LogP contribution in [0.5, 0.6) is 5.75 Å². The van der Waals surface area contributed by atoms with Crippen LogP contribution in [0.3, 0.4) is 0 Å². The Kier molecular flexibility index (Phi) is 7.95. The van der Waals surface area contributed by atoms with Crippen LogP contribution < -0.4 is 10.6 Å². The lowest BCUT2D eigenvalue weighted by molar-refractivity contribution is 0.101. The summed E-state index contributed by atoms with van der Waals surface area (Å²) in [6.07, 6.45) is 4.32. The first-order chi connectivity index (χ1) is 22.3. The Labute approximate surface area is 262 Å². The number of azo groups is 1. The molecule has 0 aliphatic carbocycles. The Morgan fingerprint density at radius 3 is 2.11 bits per heavy atom. The molecule has 2 heterocycles. The van der Waals surface area contributed by atoms with Gasteiger partial charge in [0.05, 0.1) is 11.8 Å². The molecule has 0 radical (unpaired) electrons. The van der Waals surface area contributed by atoms with Crippen molar-refractivity contribution in [3.63, 3.8) is 0 Å². The second-order valence-electron chi connectivity index (χ2n) is 10.4.